The Morgan fingerprint density at radius 2 is 1.72 bits per heavy atom. The lowest BCUT2D eigenvalue weighted by Gasteiger charge is -2.26. The van der Waals surface area contributed by atoms with Crippen molar-refractivity contribution in [3.8, 4) is 11.8 Å². The van der Waals surface area contributed by atoms with Gasteiger partial charge in [-0.25, -0.2) is 0 Å². The Morgan fingerprint density at radius 1 is 1.00 bits per heavy atom. The average Bonchev–Trinajstić information content (AvgIpc) is 2.62. The molecule has 0 N–H and O–H groups in total. The standard InChI is InChI=1S/C22H23F2N/c1-2-3-16-4-9-18(10-5-16)19-11-6-17(7-12-19)8-13-20-14-15-21(23)25-22(20)24/h4-5,9-10,14-15,17,19H,2-3,6-7,11-12H2,1H3/t17-,19-. The molecule has 1 nitrogen and oxygen atoms in total. The monoisotopic (exact) mass is 339 g/mol. The SMILES string of the molecule is CCCc1ccc([C@H]2CC[C@H](C#Cc3ccc(F)nc3F)CC2)cc1. The first-order chi connectivity index (χ1) is 12.2. The number of aryl methyl sites for hydroxylation is 1. The van der Waals surface area contributed by atoms with E-state index in [-0.39, 0.29) is 11.5 Å². The van der Waals surface area contributed by atoms with Gasteiger partial charge in [0.05, 0.1) is 5.56 Å². The lowest BCUT2D eigenvalue weighted by molar-refractivity contribution is 0.384. The molecule has 3 rings (SSSR count). The summed E-state index contributed by atoms with van der Waals surface area (Å²) in [5.41, 5.74) is 3.00. The second-order valence-corrected chi connectivity index (χ2v) is 6.78. The Hall–Kier alpha value is -2.21. The van der Waals surface area contributed by atoms with Crippen LogP contribution in [0.1, 0.15) is 61.6 Å². The molecule has 0 unspecified atom stereocenters. The molecule has 25 heavy (non-hydrogen) atoms. The van der Waals surface area contributed by atoms with Gasteiger partial charge in [-0.15, -0.1) is 0 Å². The molecule has 1 aliphatic carbocycles. The van der Waals surface area contributed by atoms with E-state index in [0.29, 0.717) is 5.92 Å². The molecular formula is C22H23F2N. The molecule has 3 heteroatoms. The van der Waals surface area contributed by atoms with E-state index in [9.17, 15) is 8.78 Å². The zero-order chi connectivity index (χ0) is 17.6. The molecule has 0 amide bonds. The van der Waals surface area contributed by atoms with Gasteiger partial charge in [-0.1, -0.05) is 49.5 Å². The zero-order valence-corrected chi connectivity index (χ0v) is 14.6. The second-order valence-electron chi connectivity index (χ2n) is 6.78. The van der Waals surface area contributed by atoms with Gasteiger partial charge in [0.1, 0.15) is 0 Å². The van der Waals surface area contributed by atoms with Gasteiger partial charge < -0.3 is 0 Å². The van der Waals surface area contributed by atoms with E-state index in [0.717, 1.165) is 38.2 Å². The minimum Gasteiger partial charge on any atom is -0.189 e. The summed E-state index contributed by atoms with van der Waals surface area (Å²) in [5.74, 6) is 5.21. The summed E-state index contributed by atoms with van der Waals surface area (Å²) in [4.78, 5) is 3.17. The van der Waals surface area contributed by atoms with Crippen molar-refractivity contribution in [3.05, 3.63) is 65.0 Å². The van der Waals surface area contributed by atoms with Gasteiger partial charge in [0.2, 0.25) is 11.9 Å². The van der Waals surface area contributed by atoms with E-state index in [1.807, 2.05) is 0 Å². The summed E-state index contributed by atoms with van der Waals surface area (Å²) in [6, 6.07) is 11.5. The topological polar surface area (TPSA) is 12.9 Å². The van der Waals surface area contributed by atoms with Crippen LogP contribution in [0.25, 0.3) is 0 Å². The summed E-state index contributed by atoms with van der Waals surface area (Å²) in [6.07, 6.45) is 6.56. The first-order valence-electron chi connectivity index (χ1n) is 9.08. The summed E-state index contributed by atoms with van der Waals surface area (Å²) >= 11 is 0. The van der Waals surface area contributed by atoms with Crippen LogP contribution >= 0.6 is 0 Å². The van der Waals surface area contributed by atoms with E-state index in [2.05, 4.69) is 48.0 Å². The molecule has 0 radical (unpaired) electrons. The minimum absolute atomic E-state index is 0.176. The molecule has 1 heterocycles. The third-order valence-electron chi connectivity index (χ3n) is 4.94. The number of hydrogen-bond donors (Lipinski definition) is 0. The number of hydrogen-bond acceptors (Lipinski definition) is 1. The van der Waals surface area contributed by atoms with Crippen molar-refractivity contribution in [2.24, 2.45) is 5.92 Å². The Kier molecular flexibility index (Phi) is 5.81. The van der Waals surface area contributed by atoms with Crippen molar-refractivity contribution >= 4 is 0 Å². The van der Waals surface area contributed by atoms with E-state index >= 15 is 0 Å². The predicted molar refractivity (Wildman–Crippen MR) is 96.2 cm³/mol. The van der Waals surface area contributed by atoms with Crippen LogP contribution in [0.15, 0.2) is 36.4 Å². The molecule has 1 saturated carbocycles. The summed E-state index contributed by atoms with van der Waals surface area (Å²) in [7, 11) is 0. The Labute approximate surface area is 148 Å². The first kappa shape index (κ1) is 17.6. The number of halogens is 2. The predicted octanol–water partition coefficient (Wildman–Crippen LogP) is 5.64. The van der Waals surface area contributed by atoms with Gasteiger partial charge in [0.25, 0.3) is 0 Å². The van der Waals surface area contributed by atoms with Gasteiger partial charge >= 0.3 is 0 Å². The smallest absolute Gasteiger partial charge is 0.189 e. The highest BCUT2D eigenvalue weighted by Crippen LogP contribution is 2.35. The maximum Gasteiger partial charge on any atom is 0.231 e. The number of pyridine rings is 1. The van der Waals surface area contributed by atoms with Gasteiger partial charge in [-0.05, 0) is 61.3 Å². The maximum atomic E-state index is 13.5. The number of benzene rings is 1. The van der Waals surface area contributed by atoms with E-state index in [1.165, 1.54) is 23.6 Å². The highest BCUT2D eigenvalue weighted by Gasteiger charge is 2.21. The average molecular weight is 339 g/mol. The largest absolute Gasteiger partial charge is 0.231 e. The molecule has 1 fully saturated rings. The van der Waals surface area contributed by atoms with Crippen molar-refractivity contribution in [3.63, 3.8) is 0 Å². The van der Waals surface area contributed by atoms with Crippen LogP contribution in [0.5, 0.6) is 0 Å². The molecule has 2 aromatic rings. The lowest BCUT2D eigenvalue weighted by atomic mass is 9.79. The van der Waals surface area contributed by atoms with Gasteiger partial charge in [0, 0.05) is 5.92 Å². The molecule has 0 spiro atoms. The van der Waals surface area contributed by atoms with Crippen LogP contribution in [0.4, 0.5) is 8.78 Å². The van der Waals surface area contributed by atoms with Crippen LogP contribution in [0, 0.1) is 29.7 Å². The normalized spacial score (nSPS) is 20.0. The van der Waals surface area contributed by atoms with Crippen molar-refractivity contribution < 1.29 is 8.78 Å². The molecule has 130 valence electrons. The van der Waals surface area contributed by atoms with Gasteiger partial charge in [-0.2, -0.15) is 13.8 Å². The molecule has 0 atom stereocenters. The van der Waals surface area contributed by atoms with Crippen molar-refractivity contribution in [1.29, 1.82) is 0 Å². The first-order valence-corrected chi connectivity index (χ1v) is 9.08. The highest BCUT2D eigenvalue weighted by molar-refractivity contribution is 5.33. The van der Waals surface area contributed by atoms with Crippen LogP contribution in [-0.4, -0.2) is 4.98 Å². The molecule has 1 aliphatic rings. The number of nitrogens with zero attached hydrogens (tertiary/aromatic N) is 1. The third kappa shape index (κ3) is 4.66. The molecule has 0 aliphatic heterocycles. The van der Waals surface area contributed by atoms with Crippen LogP contribution in [0.2, 0.25) is 0 Å². The van der Waals surface area contributed by atoms with Gasteiger partial charge in [0.15, 0.2) is 0 Å². The Balaban J connectivity index is 1.58. The van der Waals surface area contributed by atoms with Crippen LogP contribution < -0.4 is 0 Å². The van der Waals surface area contributed by atoms with Crippen LogP contribution in [0.3, 0.4) is 0 Å². The molecule has 1 aromatic carbocycles. The molecule has 0 saturated heterocycles. The third-order valence-corrected chi connectivity index (χ3v) is 4.94. The molecular weight excluding hydrogens is 316 g/mol. The van der Waals surface area contributed by atoms with E-state index < -0.39 is 11.9 Å². The minimum atomic E-state index is -0.826. The second kappa shape index (κ2) is 8.25. The van der Waals surface area contributed by atoms with Crippen molar-refractivity contribution in [2.45, 2.75) is 51.4 Å². The van der Waals surface area contributed by atoms with Crippen molar-refractivity contribution in [1.82, 2.24) is 4.98 Å². The van der Waals surface area contributed by atoms with E-state index in [1.54, 1.807) is 0 Å². The van der Waals surface area contributed by atoms with E-state index in [4.69, 9.17) is 0 Å². The fourth-order valence-electron chi connectivity index (χ4n) is 3.50. The quantitative estimate of drug-likeness (QED) is 0.521. The number of aromatic nitrogens is 1. The van der Waals surface area contributed by atoms with Crippen LogP contribution in [-0.2, 0) is 6.42 Å². The molecule has 0 bridgehead atoms. The molecule has 1 aromatic heterocycles. The highest BCUT2D eigenvalue weighted by atomic mass is 19.1. The maximum absolute atomic E-state index is 13.5. The Morgan fingerprint density at radius 3 is 2.36 bits per heavy atom. The van der Waals surface area contributed by atoms with Crippen molar-refractivity contribution in [2.75, 3.05) is 0 Å². The zero-order valence-electron chi connectivity index (χ0n) is 14.6. The Bertz CT molecular complexity index is 763. The fraction of sp³-hybridized carbons (Fsp3) is 0.409. The summed E-state index contributed by atoms with van der Waals surface area (Å²) < 4.78 is 26.3. The fourth-order valence-corrected chi connectivity index (χ4v) is 3.50. The number of rotatable bonds is 3. The van der Waals surface area contributed by atoms with Gasteiger partial charge in [-0.3, -0.25) is 0 Å². The summed E-state index contributed by atoms with van der Waals surface area (Å²) in [5, 5.41) is 0. The summed E-state index contributed by atoms with van der Waals surface area (Å²) in [6.45, 7) is 2.20. The lowest BCUT2D eigenvalue weighted by Crippen LogP contribution is -2.12.